The predicted molar refractivity (Wildman–Crippen MR) is 70.1 cm³/mol. The number of nitrogens with zero attached hydrogens (tertiary/aromatic N) is 1. The number of nitrogens with one attached hydrogen (secondary N) is 1. The molecular weight excluding hydrogens is 248 g/mol. The van der Waals surface area contributed by atoms with Crippen molar-refractivity contribution in [3.63, 3.8) is 0 Å². The van der Waals surface area contributed by atoms with Gasteiger partial charge < -0.3 is 9.72 Å². The Morgan fingerprint density at radius 1 is 1.44 bits per heavy atom. The SMILES string of the molecule is Cc1cc(=O)[nH]c(C2CSc3ccccc3O2)n1. The predicted octanol–water partition coefficient (Wildman–Crippen LogP) is 2.30. The molecule has 0 fully saturated rings. The van der Waals surface area contributed by atoms with Gasteiger partial charge in [-0.1, -0.05) is 12.1 Å². The molecule has 2 heterocycles. The van der Waals surface area contributed by atoms with Crippen molar-refractivity contribution in [3.05, 3.63) is 52.2 Å². The summed E-state index contributed by atoms with van der Waals surface area (Å²) in [6, 6.07) is 9.37. The third-order valence-electron chi connectivity index (χ3n) is 2.70. The number of para-hydroxylation sites is 1. The first-order valence-corrected chi connectivity index (χ1v) is 6.67. The van der Waals surface area contributed by atoms with Crippen LogP contribution in [-0.2, 0) is 0 Å². The Labute approximate surface area is 108 Å². The molecule has 1 aliphatic rings. The Kier molecular flexibility index (Phi) is 2.83. The minimum atomic E-state index is -0.197. The van der Waals surface area contributed by atoms with Crippen molar-refractivity contribution in [2.45, 2.75) is 17.9 Å². The molecule has 1 aliphatic heterocycles. The quantitative estimate of drug-likeness (QED) is 0.854. The first-order valence-electron chi connectivity index (χ1n) is 5.69. The van der Waals surface area contributed by atoms with E-state index in [9.17, 15) is 4.79 Å². The zero-order chi connectivity index (χ0) is 12.5. The molecule has 2 aromatic rings. The lowest BCUT2D eigenvalue weighted by Gasteiger charge is -2.24. The van der Waals surface area contributed by atoms with E-state index >= 15 is 0 Å². The maximum Gasteiger partial charge on any atom is 0.251 e. The number of hydrogen-bond donors (Lipinski definition) is 1. The topological polar surface area (TPSA) is 55.0 Å². The third kappa shape index (κ3) is 2.13. The molecule has 4 nitrogen and oxygen atoms in total. The number of H-pyrrole nitrogens is 1. The van der Waals surface area contributed by atoms with Gasteiger partial charge in [0.25, 0.3) is 5.56 Å². The Morgan fingerprint density at radius 3 is 3.11 bits per heavy atom. The number of aromatic nitrogens is 2. The molecule has 0 saturated heterocycles. The highest BCUT2D eigenvalue weighted by atomic mass is 32.2. The first-order chi connectivity index (χ1) is 8.72. The van der Waals surface area contributed by atoms with Gasteiger partial charge in [-0.3, -0.25) is 4.79 Å². The van der Waals surface area contributed by atoms with Gasteiger partial charge in [0.2, 0.25) is 0 Å². The largest absolute Gasteiger partial charge is 0.480 e. The highest BCUT2D eigenvalue weighted by molar-refractivity contribution is 7.99. The van der Waals surface area contributed by atoms with Gasteiger partial charge in [-0.15, -0.1) is 11.8 Å². The van der Waals surface area contributed by atoms with E-state index in [1.54, 1.807) is 11.8 Å². The molecule has 1 aromatic heterocycles. The molecule has 0 spiro atoms. The standard InChI is InChI=1S/C13H12N2O2S/c1-8-6-12(16)15-13(14-8)10-7-18-11-5-3-2-4-9(11)17-10/h2-6,10H,7H2,1H3,(H,14,15,16). The van der Waals surface area contributed by atoms with Gasteiger partial charge >= 0.3 is 0 Å². The normalized spacial score (nSPS) is 17.9. The van der Waals surface area contributed by atoms with Gasteiger partial charge in [0.15, 0.2) is 11.9 Å². The number of aromatic amines is 1. The summed E-state index contributed by atoms with van der Waals surface area (Å²) in [4.78, 5) is 19.7. The fourth-order valence-corrected chi connectivity index (χ4v) is 2.90. The number of rotatable bonds is 1. The van der Waals surface area contributed by atoms with Crippen molar-refractivity contribution in [2.24, 2.45) is 0 Å². The fourth-order valence-electron chi connectivity index (χ4n) is 1.91. The first kappa shape index (κ1) is 11.3. The summed E-state index contributed by atoms with van der Waals surface area (Å²) in [5, 5.41) is 0. The van der Waals surface area contributed by atoms with E-state index in [0.29, 0.717) is 11.5 Å². The van der Waals surface area contributed by atoms with Gasteiger partial charge in [-0.05, 0) is 19.1 Å². The number of hydrogen-bond acceptors (Lipinski definition) is 4. The van der Waals surface area contributed by atoms with Crippen LogP contribution in [0.2, 0.25) is 0 Å². The second-order valence-electron chi connectivity index (χ2n) is 4.14. The van der Waals surface area contributed by atoms with E-state index in [0.717, 1.165) is 16.4 Å². The monoisotopic (exact) mass is 260 g/mol. The number of ether oxygens (including phenoxy) is 1. The summed E-state index contributed by atoms with van der Waals surface area (Å²) in [6.45, 7) is 1.81. The lowest BCUT2D eigenvalue weighted by atomic mass is 10.3. The molecule has 1 unspecified atom stereocenters. The van der Waals surface area contributed by atoms with E-state index in [2.05, 4.69) is 9.97 Å². The van der Waals surface area contributed by atoms with E-state index in [1.165, 1.54) is 6.07 Å². The summed E-state index contributed by atoms with van der Waals surface area (Å²) in [6.07, 6.45) is -0.197. The molecule has 3 rings (SSSR count). The molecule has 0 saturated carbocycles. The number of thioether (sulfide) groups is 1. The van der Waals surface area contributed by atoms with Gasteiger partial charge in [-0.2, -0.15) is 0 Å². The van der Waals surface area contributed by atoms with Crippen LogP contribution in [0.25, 0.3) is 0 Å². The average Bonchev–Trinajstić information content (AvgIpc) is 2.37. The summed E-state index contributed by atoms with van der Waals surface area (Å²) in [7, 11) is 0. The maximum atomic E-state index is 11.4. The minimum absolute atomic E-state index is 0.134. The Bertz CT molecular complexity index is 639. The molecular formula is C13H12N2O2S. The number of fused-ring (bicyclic) bond motifs is 1. The Morgan fingerprint density at radius 2 is 2.28 bits per heavy atom. The number of aryl methyl sites for hydroxylation is 1. The van der Waals surface area contributed by atoms with Crippen LogP contribution in [0.4, 0.5) is 0 Å². The van der Waals surface area contributed by atoms with E-state index < -0.39 is 0 Å². The summed E-state index contributed by atoms with van der Waals surface area (Å²) >= 11 is 1.72. The molecule has 0 aliphatic carbocycles. The van der Waals surface area contributed by atoms with Gasteiger partial charge in [0.05, 0.1) is 0 Å². The second kappa shape index (κ2) is 4.49. The van der Waals surface area contributed by atoms with Gasteiger partial charge in [0, 0.05) is 22.4 Å². The maximum absolute atomic E-state index is 11.4. The van der Waals surface area contributed by atoms with Crippen LogP contribution in [0.5, 0.6) is 5.75 Å². The Balaban J connectivity index is 1.94. The van der Waals surface area contributed by atoms with Gasteiger partial charge in [-0.25, -0.2) is 4.98 Å². The van der Waals surface area contributed by atoms with E-state index in [-0.39, 0.29) is 11.7 Å². The molecule has 0 bridgehead atoms. The second-order valence-corrected chi connectivity index (χ2v) is 5.20. The minimum Gasteiger partial charge on any atom is -0.480 e. The number of benzene rings is 1. The van der Waals surface area contributed by atoms with Crippen molar-refractivity contribution in [3.8, 4) is 5.75 Å². The molecule has 5 heteroatoms. The van der Waals surface area contributed by atoms with Crippen molar-refractivity contribution in [2.75, 3.05) is 5.75 Å². The highest BCUT2D eigenvalue weighted by Gasteiger charge is 2.23. The summed E-state index contributed by atoms with van der Waals surface area (Å²) in [5.41, 5.74) is 0.575. The van der Waals surface area contributed by atoms with E-state index in [4.69, 9.17) is 4.74 Å². The van der Waals surface area contributed by atoms with Crippen LogP contribution < -0.4 is 10.3 Å². The van der Waals surface area contributed by atoms with Crippen molar-refractivity contribution in [1.82, 2.24) is 9.97 Å². The molecule has 1 N–H and O–H groups in total. The third-order valence-corrected chi connectivity index (χ3v) is 3.82. The van der Waals surface area contributed by atoms with Crippen molar-refractivity contribution >= 4 is 11.8 Å². The van der Waals surface area contributed by atoms with Crippen LogP contribution >= 0.6 is 11.8 Å². The fraction of sp³-hybridized carbons (Fsp3) is 0.231. The highest BCUT2D eigenvalue weighted by Crippen LogP contribution is 2.39. The van der Waals surface area contributed by atoms with Gasteiger partial charge in [0.1, 0.15) is 5.75 Å². The lowest BCUT2D eigenvalue weighted by molar-refractivity contribution is 0.209. The smallest absolute Gasteiger partial charge is 0.251 e. The zero-order valence-electron chi connectivity index (χ0n) is 9.84. The summed E-state index contributed by atoms with van der Waals surface area (Å²) < 4.78 is 5.87. The molecule has 18 heavy (non-hydrogen) atoms. The lowest BCUT2D eigenvalue weighted by Crippen LogP contribution is -2.21. The molecule has 1 atom stereocenters. The Hall–Kier alpha value is -1.75. The average molecular weight is 260 g/mol. The van der Waals surface area contributed by atoms with Crippen LogP contribution in [-0.4, -0.2) is 15.7 Å². The molecule has 0 amide bonds. The molecule has 1 aromatic carbocycles. The molecule has 92 valence electrons. The zero-order valence-corrected chi connectivity index (χ0v) is 10.7. The summed E-state index contributed by atoms with van der Waals surface area (Å²) in [5.74, 6) is 2.20. The van der Waals surface area contributed by atoms with Crippen LogP contribution in [0.1, 0.15) is 17.6 Å². The van der Waals surface area contributed by atoms with Crippen LogP contribution in [0.3, 0.4) is 0 Å². The van der Waals surface area contributed by atoms with Crippen LogP contribution in [0, 0.1) is 6.92 Å². The van der Waals surface area contributed by atoms with Crippen LogP contribution in [0.15, 0.2) is 40.0 Å². The van der Waals surface area contributed by atoms with Crippen molar-refractivity contribution in [1.29, 1.82) is 0 Å². The van der Waals surface area contributed by atoms with E-state index in [1.807, 2.05) is 31.2 Å². The molecule has 0 radical (unpaired) electrons. The van der Waals surface area contributed by atoms with Crippen molar-refractivity contribution < 1.29 is 4.74 Å².